The van der Waals surface area contributed by atoms with Gasteiger partial charge in [-0.15, -0.1) is 0 Å². The van der Waals surface area contributed by atoms with Crippen LogP contribution in [-0.4, -0.2) is 4.92 Å². The molecule has 0 bridgehead atoms. The zero-order chi connectivity index (χ0) is 22.2. The number of benzene rings is 3. The molecule has 0 spiro atoms. The molecule has 1 aliphatic carbocycles. The summed E-state index contributed by atoms with van der Waals surface area (Å²) in [7, 11) is 0. The maximum absolute atomic E-state index is 10.8. The Morgan fingerprint density at radius 2 is 1.72 bits per heavy atom. The third kappa shape index (κ3) is 3.64. The number of hydrogen-bond acceptors (Lipinski definition) is 4. The van der Waals surface area contributed by atoms with Crippen molar-refractivity contribution in [2.75, 3.05) is 5.32 Å². The van der Waals surface area contributed by atoms with Crippen LogP contribution < -0.4 is 10.1 Å². The minimum atomic E-state index is -0.395. The van der Waals surface area contributed by atoms with E-state index in [-0.39, 0.29) is 11.7 Å². The van der Waals surface area contributed by atoms with Crippen molar-refractivity contribution in [2.24, 2.45) is 5.92 Å². The number of nitrogens with zero attached hydrogens (tertiary/aromatic N) is 1. The molecule has 3 atom stereocenters. The summed E-state index contributed by atoms with van der Waals surface area (Å²) in [5.41, 5.74) is 7.62. The Labute approximate surface area is 187 Å². The molecule has 0 aromatic heterocycles. The van der Waals surface area contributed by atoms with Crippen LogP contribution in [-0.2, 0) is 6.61 Å². The topological polar surface area (TPSA) is 64.4 Å². The Morgan fingerprint density at radius 1 is 1.00 bits per heavy atom. The molecule has 1 N–H and O–H groups in total. The zero-order valence-electron chi connectivity index (χ0n) is 18.2. The Morgan fingerprint density at radius 3 is 2.44 bits per heavy atom. The highest BCUT2D eigenvalue weighted by Gasteiger charge is 2.39. The molecule has 3 aromatic carbocycles. The lowest BCUT2D eigenvalue weighted by atomic mass is 9.75. The van der Waals surface area contributed by atoms with Gasteiger partial charge in [-0.3, -0.25) is 10.1 Å². The number of rotatable bonds is 5. The van der Waals surface area contributed by atoms with Crippen molar-refractivity contribution >= 4 is 11.4 Å². The lowest BCUT2D eigenvalue weighted by Gasteiger charge is -2.39. The molecular weight excluding hydrogens is 400 g/mol. The van der Waals surface area contributed by atoms with E-state index in [2.05, 4.69) is 55.6 Å². The van der Waals surface area contributed by atoms with E-state index >= 15 is 0 Å². The standard InChI is InChI=1S/C27H26N2O3/c1-17-6-7-18(2)26-25(17)23-4-3-5-24(23)27(28-26)20-10-14-22(15-11-20)32-16-19-8-12-21(13-9-19)29(30)31/h3-4,6-15,23-24,27-28H,5,16H2,1-2H3/t23-,24+,27+/m1/s1. The maximum atomic E-state index is 10.8. The van der Waals surface area contributed by atoms with Crippen molar-refractivity contribution in [3.8, 4) is 5.75 Å². The number of ether oxygens (including phenoxy) is 1. The minimum Gasteiger partial charge on any atom is -0.489 e. The first-order valence-corrected chi connectivity index (χ1v) is 11.0. The molecule has 5 nitrogen and oxygen atoms in total. The van der Waals surface area contributed by atoms with Crippen LogP contribution in [0.4, 0.5) is 11.4 Å². The van der Waals surface area contributed by atoms with E-state index in [0.717, 1.165) is 17.7 Å². The summed E-state index contributed by atoms with van der Waals surface area (Å²) in [5.74, 6) is 1.75. The number of anilines is 1. The Hall–Kier alpha value is -3.60. The molecule has 0 saturated carbocycles. The van der Waals surface area contributed by atoms with Crippen LogP contribution in [0.25, 0.3) is 0 Å². The number of nitro benzene ring substituents is 1. The van der Waals surface area contributed by atoms with Crippen molar-refractivity contribution in [1.82, 2.24) is 0 Å². The number of nitro groups is 1. The van der Waals surface area contributed by atoms with Crippen LogP contribution in [0.15, 0.2) is 72.8 Å². The summed E-state index contributed by atoms with van der Waals surface area (Å²) in [6.07, 6.45) is 5.78. The fraction of sp³-hybridized carbons (Fsp3) is 0.259. The molecule has 3 aromatic rings. The van der Waals surface area contributed by atoms with Gasteiger partial charge in [-0.25, -0.2) is 0 Å². The molecule has 0 fully saturated rings. The van der Waals surface area contributed by atoms with Crippen LogP contribution in [0.3, 0.4) is 0 Å². The summed E-state index contributed by atoms with van der Waals surface area (Å²) in [5, 5.41) is 14.6. The van der Waals surface area contributed by atoms with E-state index in [1.807, 2.05) is 12.1 Å². The van der Waals surface area contributed by atoms with Crippen molar-refractivity contribution in [3.05, 3.63) is 111 Å². The molecular formula is C27H26N2O3. The summed E-state index contributed by atoms with van der Waals surface area (Å²) >= 11 is 0. The van der Waals surface area contributed by atoms with E-state index in [9.17, 15) is 10.1 Å². The van der Waals surface area contributed by atoms with E-state index in [1.54, 1.807) is 12.1 Å². The summed E-state index contributed by atoms with van der Waals surface area (Å²) in [6.45, 7) is 4.76. The van der Waals surface area contributed by atoms with Gasteiger partial charge in [-0.2, -0.15) is 0 Å². The molecule has 0 radical (unpaired) electrons. The number of nitrogens with one attached hydrogen (secondary N) is 1. The first kappa shape index (κ1) is 20.3. The lowest BCUT2D eigenvalue weighted by molar-refractivity contribution is -0.384. The fourth-order valence-corrected chi connectivity index (χ4v) is 5.02. The van der Waals surface area contributed by atoms with E-state index in [0.29, 0.717) is 18.4 Å². The van der Waals surface area contributed by atoms with Crippen molar-refractivity contribution in [1.29, 1.82) is 0 Å². The molecule has 0 unspecified atom stereocenters. The Bertz CT molecular complexity index is 1180. The van der Waals surface area contributed by atoms with Gasteiger partial charge >= 0.3 is 0 Å². The predicted octanol–water partition coefficient (Wildman–Crippen LogP) is 6.62. The number of non-ortho nitro benzene ring substituents is 1. The Balaban J connectivity index is 1.33. The van der Waals surface area contributed by atoms with Crippen LogP contribution in [0.2, 0.25) is 0 Å². The largest absolute Gasteiger partial charge is 0.489 e. The molecule has 1 heterocycles. The van der Waals surface area contributed by atoms with E-state index in [4.69, 9.17) is 4.74 Å². The summed E-state index contributed by atoms with van der Waals surface area (Å²) in [4.78, 5) is 10.4. The highest BCUT2D eigenvalue weighted by atomic mass is 16.6. The van der Waals surface area contributed by atoms with Gasteiger partial charge in [-0.05, 0) is 78.3 Å². The number of aryl methyl sites for hydroxylation is 2. The van der Waals surface area contributed by atoms with Crippen LogP contribution in [0, 0.1) is 29.9 Å². The predicted molar refractivity (Wildman–Crippen MR) is 126 cm³/mol. The average molecular weight is 427 g/mol. The second kappa shape index (κ2) is 8.15. The molecule has 32 heavy (non-hydrogen) atoms. The second-order valence-electron chi connectivity index (χ2n) is 8.74. The van der Waals surface area contributed by atoms with Gasteiger partial charge in [0.05, 0.1) is 11.0 Å². The van der Waals surface area contributed by atoms with Crippen molar-refractivity contribution in [3.63, 3.8) is 0 Å². The Kier molecular flexibility index (Phi) is 5.17. The molecule has 0 saturated heterocycles. The smallest absolute Gasteiger partial charge is 0.269 e. The van der Waals surface area contributed by atoms with Gasteiger partial charge in [0.1, 0.15) is 12.4 Å². The zero-order valence-corrected chi connectivity index (χ0v) is 18.2. The number of fused-ring (bicyclic) bond motifs is 3. The second-order valence-corrected chi connectivity index (χ2v) is 8.74. The molecule has 2 aliphatic rings. The van der Waals surface area contributed by atoms with Crippen LogP contribution >= 0.6 is 0 Å². The van der Waals surface area contributed by atoms with E-state index < -0.39 is 4.92 Å². The summed E-state index contributed by atoms with van der Waals surface area (Å²) < 4.78 is 5.91. The van der Waals surface area contributed by atoms with Gasteiger partial charge in [0.25, 0.3) is 5.69 Å². The maximum Gasteiger partial charge on any atom is 0.269 e. The van der Waals surface area contributed by atoms with E-state index in [1.165, 1.54) is 40.1 Å². The normalized spacial score (nSPS) is 20.9. The van der Waals surface area contributed by atoms with Crippen molar-refractivity contribution in [2.45, 2.75) is 38.8 Å². The minimum absolute atomic E-state index is 0.0878. The third-order valence-corrected chi connectivity index (χ3v) is 6.74. The molecule has 162 valence electrons. The molecule has 5 rings (SSSR count). The molecule has 1 aliphatic heterocycles. The number of hydrogen-bond donors (Lipinski definition) is 1. The van der Waals surface area contributed by atoms with Crippen LogP contribution in [0.5, 0.6) is 5.75 Å². The molecule has 0 amide bonds. The lowest BCUT2D eigenvalue weighted by Crippen LogP contribution is -2.30. The van der Waals surface area contributed by atoms with Gasteiger partial charge < -0.3 is 10.1 Å². The van der Waals surface area contributed by atoms with Gasteiger partial charge in [0, 0.05) is 23.7 Å². The van der Waals surface area contributed by atoms with Gasteiger partial charge in [-0.1, -0.05) is 36.4 Å². The van der Waals surface area contributed by atoms with Crippen molar-refractivity contribution < 1.29 is 9.66 Å². The first-order valence-electron chi connectivity index (χ1n) is 11.0. The van der Waals surface area contributed by atoms with Crippen LogP contribution in [0.1, 0.15) is 46.2 Å². The number of allylic oxidation sites excluding steroid dienone is 2. The molecule has 5 heteroatoms. The monoisotopic (exact) mass is 426 g/mol. The summed E-state index contributed by atoms with van der Waals surface area (Å²) in [6, 6.07) is 19.5. The average Bonchev–Trinajstić information content (AvgIpc) is 3.30. The fourth-order valence-electron chi connectivity index (χ4n) is 5.02. The van der Waals surface area contributed by atoms with Gasteiger partial charge in [0.2, 0.25) is 0 Å². The highest BCUT2D eigenvalue weighted by Crippen LogP contribution is 2.51. The SMILES string of the molecule is Cc1ccc(C)c2c1N[C@@H](c1ccc(OCc3ccc([N+](=O)[O-])cc3)cc1)[C@H]1CC=C[C@@H]21. The first-order chi connectivity index (χ1) is 15.5. The quantitative estimate of drug-likeness (QED) is 0.283. The third-order valence-electron chi connectivity index (χ3n) is 6.74. The van der Waals surface area contributed by atoms with Gasteiger partial charge in [0.15, 0.2) is 0 Å². The highest BCUT2D eigenvalue weighted by molar-refractivity contribution is 5.66.